The van der Waals surface area contributed by atoms with Crippen molar-refractivity contribution in [1.82, 2.24) is 0 Å². The summed E-state index contributed by atoms with van der Waals surface area (Å²) in [5.41, 5.74) is 0. The molecule has 1 fully saturated rings. The number of hydrogen-bond acceptors (Lipinski definition) is 3. The third-order valence-electron chi connectivity index (χ3n) is 1.77. The van der Waals surface area contributed by atoms with Crippen LogP contribution in [0.25, 0.3) is 0 Å². The predicted molar refractivity (Wildman–Crippen MR) is 41.1 cm³/mol. The van der Waals surface area contributed by atoms with E-state index in [2.05, 4.69) is 6.92 Å². The molecule has 3 nitrogen and oxygen atoms in total. The van der Waals surface area contributed by atoms with Gasteiger partial charge < -0.3 is 14.2 Å². The molecule has 66 valence electrons. The van der Waals surface area contributed by atoms with Crippen LogP contribution in [0.1, 0.15) is 27.2 Å². The minimum absolute atomic E-state index is 0.201. The molecule has 0 aromatic rings. The van der Waals surface area contributed by atoms with Crippen molar-refractivity contribution >= 4 is 0 Å². The van der Waals surface area contributed by atoms with Crippen molar-refractivity contribution in [3.05, 3.63) is 0 Å². The molecule has 0 radical (unpaired) electrons. The Bertz CT molecular complexity index is 127. The van der Waals surface area contributed by atoms with Gasteiger partial charge in [-0.05, 0) is 13.3 Å². The molecule has 1 aliphatic rings. The predicted octanol–water partition coefficient (Wildman–Crippen LogP) is 1.52. The van der Waals surface area contributed by atoms with E-state index in [1.807, 2.05) is 13.8 Å². The minimum Gasteiger partial charge on any atom is -0.328 e. The summed E-state index contributed by atoms with van der Waals surface area (Å²) in [6, 6.07) is 0. The van der Waals surface area contributed by atoms with Gasteiger partial charge in [-0.2, -0.15) is 0 Å². The van der Waals surface area contributed by atoms with Gasteiger partial charge in [0, 0.05) is 13.5 Å². The lowest BCUT2D eigenvalue weighted by Gasteiger charge is -2.21. The minimum atomic E-state index is -0.782. The number of hydrogen-bond donors (Lipinski definition) is 0. The smallest absolute Gasteiger partial charge is 0.280 e. The van der Waals surface area contributed by atoms with Crippen molar-refractivity contribution in [2.45, 2.75) is 39.3 Å². The second-order valence-electron chi connectivity index (χ2n) is 2.75. The fraction of sp³-hybridized carbons (Fsp3) is 1.00. The lowest BCUT2D eigenvalue weighted by atomic mass is 10.3. The maximum absolute atomic E-state index is 5.49. The van der Waals surface area contributed by atoms with Crippen LogP contribution in [0.4, 0.5) is 0 Å². The molecule has 1 saturated heterocycles. The number of rotatable bonds is 3. The van der Waals surface area contributed by atoms with E-state index in [1.54, 1.807) is 0 Å². The van der Waals surface area contributed by atoms with Crippen LogP contribution in [0.2, 0.25) is 0 Å². The zero-order valence-corrected chi connectivity index (χ0v) is 7.42. The van der Waals surface area contributed by atoms with E-state index in [0.29, 0.717) is 13.2 Å². The molecule has 0 spiro atoms. The van der Waals surface area contributed by atoms with Crippen molar-refractivity contribution in [2.75, 3.05) is 13.2 Å². The fourth-order valence-electron chi connectivity index (χ4n) is 1.15. The average molecular weight is 160 g/mol. The first-order chi connectivity index (χ1) is 5.20. The van der Waals surface area contributed by atoms with Crippen molar-refractivity contribution in [2.24, 2.45) is 0 Å². The van der Waals surface area contributed by atoms with Crippen molar-refractivity contribution in [3.63, 3.8) is 0 Å². The molecule has 0 amide bonds. The van der Waals surface area contributed by atoms with E-state index in [4.69, 9.17) is 14.2 Å². The maximum Gasteiger partial charge on any atom is 0.280 e. The zero-order chi connectivity index (χ0) is 8.32. The van der Waals surface area contributed by atoms with Gasteiger partial charge in [-0.3, -0.25) is 0 Å². The Labute approximate surface area is 67.6 Å². The van der Waals surface area contributed by atoms with Crippen LogP contribution < -0.4 is 0 Å². The standard InChI is InChI=1S/C8H16O3/c1-4-7-6-10-8(3,11-7)9-5-2/h7H,4-6H2,1-3H3. The van der Waals surface area contributed by atoms with E-state index in [0.717, 1.165) is 6.42 Å². The van der Waals surface area contributed by atoms with Crippen LogP contribution in [-0.2, 0) is 14.2 Å². The first-order valence-corrected chi connectivity index (χ1v) is 4.16. The Morgan fingerprint density at radius 2 is 2.27 bits per heavy atom. The lowest BCUT2D eigenvalue weighted by molar-refractivity contribution is -0.323. The third kappa shape index (κ3) is 2.15. The molecule has 0 aromatic carbocycles. The summed E-state index contributed by atoms with van der Waals surface area (Å²) in [7, 11) is 0. The molecule has 0 aromatic heterocycles. The maximum atomic E-state index is 5.49. The average Bonchev–Trinajstić information content (AvgIpc) is 2.33. The Kier molecular flexibility index (Phi) is 2.87. The summed E-state index contributed by atoms with van der Waals surface area (Å²) in [4.78, 5) is 0. The van der Waals surface area contributed by atoms with Gasteiger partial charge in [0.05, 0.1) is 12.7 Å². The molecular formula is C8H16O3. The monoisotopic (exact) mass is 160 g/mol. The van der Waals surface area contributed by atoms with Crippen LogP contribution in [0, 0.1) is 0 Å². The Morgan fingerprint density at radius 3 is 2.73 bits per heavy atom. The Morgan fingerprint density at radius 1 is 1.55 bits per heavy atom. The van der Waals surface area contributed by atoms with Crippen LogP contribution in [0.5, 0.6) is 0 Å². The van der Waals surface area contributed by atoms with Crippen LogP contribution >= 0.6 is 0 Å². The summed E-state index contributed by atoms with van der Waals surface area (Å²) < 4.78 is 16.1. The summed E-state index contributed by atoms with van der Waals surface area (Å²) in [6.45, 7) is 7.08. The number of ether oxygens (including phenoxy) is 3. The molecule has 2 atom stereocenters. The van der Waals surface area contributed by atoms with E-state index in [-0.39, 0.29) is 6.10 Å². The SMILES string of the molecule is CCOC1(C)OCC(CC)O1. The normalized spacial score (nSPS) is 37.9. The Hall–Kier alpha value is -0.120. The lowest BCUT2D eigenvalue weighted by Crippen LogP contribution is -2.30. The summed E-state index contributed by atoms with van der Waals surface area (Å²) in [5, 5.41) is 0. The van der Waals surface area contributed by atoms with Gasteiger partial charge in [-0.25, -0.2) is 0 Å². The van der Waals surface area contributed by atoms with Crippen molar-refractivity contribution in [3.8, 4) is 0 Å². The Balaban J connectivity index is 2.37. The highest BCUT2D eigenvalue weighted by Gasteiger charge is 2.36. The summed E-state index contributed by atoms with van der Waals surface area (Å²) >= 11 is 0. The van der Waals surface area contributed by atoms with Gasteiger partial charge >= 0.3 is 0 Å². The van der Waals surface area contributed by atoms with E-state index in [1.165, 1.54) is 0 Å². The van der Waals surface area contributed by atoms with Gasteiger partial charge in [0.1, 0.15) is 0 Å². The molecule has 1 heterocycles. The fourth-order valence-corrected chi connectivity index (χ4v) is 1.15. The molecule has 0 N–H and O–H groups in total. The summed E-state index contributed by atoms with van der Waals surface area (Å²) in [5.74, 6) is -0.782. The molecule has 3 heteroatoms. The first kappa shape index (κ1) is 8.97. The van der Waals surface area contributed by atoms with Crippen molar-refractivity contribution < 1.29 is 14.2 Å². The largest absolute Gasteiger partial charge is 0.328 e. The van der Waals surface area contributed by atoms with Crippen LogP contribution in [-0.4, -0.2) is 25.3 Å². The quantitative estimate of drug-likeness (QED) is 0.626. The van der Waals surface area contributed by atoms with Gasteiger partial charge in [0.2, 0.25) is 0 Å². The van der Waals surface area contributed by atoms with Gasteiger partial charge in [-0.15, -0.1) is 0 Å². The highest BCUT2D eigenvalue weighted by Crippen LogP contribution is 2.25. The second-order valence-corrected chi connectivity index (χ2v) is 2.75. The van der Waals surface area contributed by atoms with Gasteiger partial charge in [0.15, 0.2) is 0 Å². The van der Waals surface area contributed by atoms with E-state index in [9.17, 15) is 0 Å². The van der Waals surface area contributed by atoms with Crippen LogP contribution in [0.3, 0.4) is 0 Å². The summed E-state index contributed by atoms with van der Waals surface area (Å²) in [6.07, 6.45) is 1.18. The molecular weight excluding hydrogens is 144 g/mol. The van der Waals surface area contributed by atoms with Crippen LogP contribution in [0.15, 0.2) is 0 Å². The van der Waals surface area contributed by atoms with E-state index >= 15 is 0 Å². The molecule has 1 aliphatic heterocycles. The molecule has 0 bridgehead atoms. The van der Waals surface area contributed by atoms with Crippen molar-refractivity contribution in [1.29, 1.82) is 0 Å². The molecule has 0 saturated carbocycles. The van der Waals surface area contributed by atoms with E-state index < -0.39 is 5.97 Å². The first-order valence-electron chi connectivity index (χ1n) is 4.16. The molecule has 11 heavy (non-hydrogen) atoms. The molecule has 1 rings (SSSR count). The van der Waals surface area contributed by atoms with Gasteiger partial charge in [0.25, 0.3) is 5.97 Å². The topological polar surface area (TPSA) is 27.7 Å². The highest BCUT2D eigenvalue weighted by molar-refractivity contribution is 4.65. The second kappa shape index (κ2) is 3.52. The molecule has 2 unspecified atom stereocenters. The third-order valence-corrected chi connectivity index (χ3v) is 1.77. The highest BCUT2D eigenvalue weighted by atomic mass is 16.9. The van der Waals surface area contributed by atoms with Gasteiger partial charge in [-0.1, -0.05) is 6.92 Å². The molecule has 0 aliphatic carbocycles. The zero-order valence-electron chi connectivity index (χ0n) is 7.42.